The van der Waals surface area contributed by atoms with Crippen molar-refractivity contribution in [2.45, 2.75) is 13.1 Å². The van der Waals surface area contributed by atoms with Gasteiger partial charge in [0.05, 0.1) is 5.69 Å². The highest BCUT2D eigenvalue weighted by Crippen LogP contribution is 2.30. The average Bonchev–Trinajstić information content (AvgIpc) is 2.58. The lowest BCUT2D eigenvalue weighted by Crippen LogP contribution is -2.19. The van der Waals surface area contributed by atoms with Gasteiger partial charge >= 0.3 is 6.18 Å². The van der Waals surface area contributed by atoms with E-state index >= 15 is 0 Å². The standard InChI is InChI=1S/C9H8F3N5O/c1-4-2-5(9(10,11)12)17(16-4)8-14-6(13)3-7(18)15-8/h2-3H,1H3,(H3,13,14,15,18). The van der Waals surface area contributed by atoms with Gasteiger partial charge in [0.15, 0.2) is 5.69 Å². The Morgan fingerprint density at radius 1 is 1.39 bits per heavy atom. The summed E-state index contributed by atoms with van der Waals surface area (Å²) in [6.45, 7) is 1.40. The molecule has 0 aliphatic carbocycles. The zero-order chi connectivity index (χ0) is 13.5. The lowest BCUT2D eigenvalue weighted by Gasteiger charge is -2.09. The molecular formula is C9H8F3N5O. The van der Waals surface area contributed by atoms with Crippen molar-refractivity contribution in [1.29, 1.82) is 0 Å². The second-order valence-electron chi connectivity index (χ2n) is 3.57. The number of hydrogen-bond acceptors (Lipinski definition) is 4. The first kappa shape index (κ1) is 12.1. The van der Waals surface area contributed by atoms with Crippen LogP contribution in [0.5, 0.6) is 0 Å². The van der Waals surface area contributed by atoms with Crippen molar-refractivity contribution in [2.24, 2.45) is 0 Å². The van der Waals surface area contributed by atoms with Crippen molar-refractivity contribution >= 4 is 5.82 Å². The van der Waals surface area contributed by atoms with Gasteiger partial charge in [0.25, 0.3) is 5.56 Å². The minimum atomic E-state index is -4.61. The van der Waals surface area contributed by atoms with Crippen LogP contribution in [0.25, 0.3) is 5.95 Å². The Kier molecular flexibility index (Phi) is 2.60. The number of hydrogen-bond donors (Lipinski definition) is 2. The number of aryl methyl sites for hydroxylation is 1. The van der Waals surface area contributed by atoms with Gasteiger partial charge in [-0.05, 0) is 13.0 Å². The number of anilines is 1. The second-order valence-corrected chi connectivity index (χ2v) is 3.57. The highest BCUT2D eigenvalue weighted by atomic mass is 19.4. The van der Waals surface area contributed by atoms with Crippen LogP contribution < -0.4 is 11.3 Å². The van der Waals surface area contributed by atoms with Gasteiger partial charge in [0, 0.05) is 6.07 Å². The predicted molar refractivity (Wildman–Crippen MR) is 56.1 cm³/mol. The number of H-pyrrole nitrogens is 1. The lowest BCUT2D eigenvalue weighted by molar-refractivity contribution is -0.142. The van der Waals surface area contributed by atoms with Crippen molar-refractivity contribution in [3.8, 4) is 5.95 Å². The molecule has 0 aliphatic heterocycles. The molecule has 0 fully saturated rings. The molecule has 6 nitrogen and oxygen atoms in total. The lowest BCUT2D eigenvalue weighted by atomic mass is 10.3. The van der Waals surface area contributed by atoms with Crippen molar-refractivity contribution in [1.82, 2.24) is 19.7 Å². The van der Waals surface area contributed by atoms with Crippen LogP contribution in [0.4, 0.5) is 19.0 Å². The smallest absolute Gasteiger partial charge is 0.383 e. The number of nitrogens with zero attached hydrogens (tertiary/aromatic N) is 3. The van der Waals surface area contributed by atoms with E-state index in [1.165, 1.54) is 6.92 Å². The molecule has 2 heterocycles. The van der Waals surface area contributed by atoms with E-state index in [2.05, 4.69) is 15.1 Å². The molecule has 2 rings (SSSR count). The Bertz CT molecular complexity index is 642. The van der Waals surface area contributed by atoms with E-state index in [-0.39, 0.29) is 17.5 Å². The molecule has 96 valence electrons. The maximum atomic E-state index is 12.7. The first-order chi connectivity index (χ1) is 8.27. The molecule has 2 aromatic heterocycles. The zero-order valence-corrected chi connectivity index (χ0v) is 9.12. The Labute approximate surface area is 98.3 Å². The van der Waals surface area contributed by atoms with Crippen LogP contribution in [0.3, 0.4) is 0 Å². The summed E-state index contributed by atoms with van der Waals surface area (Å²) in [6, 6.07) is 1.82. The molecule has 2 aromatic rings. The normalized spacial score (nSPS) is 11.8. The summed E-state index contributed by atoms with van der Waals surface area (Å²) in [5, 5.41) is 3.64. The van der Waals surface area contributed by atoms with Gasteiger partial charge in [-0.2, -0.15) is 27.9 Å². The highest BCUT2D eigenvalue weighted by molar-refractivity contribution is 5.31. The van der Waals surface area contributed by atoms with Gasteiger partial charge in [-0.3, -0.25) is 9.78 Å². The van der Waals surface area contributed by atoms with Gasteiger partial charge in [-0.15, -0.1) is 0 Å². The monoisotopic (exact) mass is 259 g/mol. The van der Waals surface area contributed by atoms with Gasteiger partial charge in [-0.25, -0.2) is 0 Å². The number of aromatic nitrogens is 4. The maximum Gasteiger partial charge on any atom is 0.433 e. The van der Waals surface area contributed by atoms with E-state index in [0.29, 0.717) is 4.68 Å². The third-order valence-corrected chi connectivity index (χ3v) is 2.07. The van der Waals surface area contributed by atoms with E-state index in [9.17, 15) is 18.0 Å². The Hall–Kier alpha value is -2.32. The van der Waals surface area contributed by atoms with Crippen molar-refractivity contribution in [2.75, 3.05) is 5.73 Å². The molecule has 9 heteroatoms. The minimum absolute atomic E-state index is 0.146. The van der Waals surface area contributed by atoms with Crippen LogP contribution >= 0.6 is 0 Å². The molecule has 0 aliphatic rings. The molecule has 18 heavy (non-hydrogen) atoms. The van der Waals surface area contributed by atoms with E-state index in [1.807, 2.05) is 0 Å². The van der Waals surface area contributed by atoms with E-state index in [0.717, 1.165) is 12.1 Å². The van der Waals surface area contributed by atoms with Crippen molar-refractivity contribution in [3.05, 3.63) is 33.9 Å². The predicted octanol–water partition coefficient (Wildman–Crippen LogP) is 0.865. The van der Waals surface area contributed by atoms with Crippen molar-refractivity contribution < 1.29 is 13.2 Å². The van der Waals surface area contributed by atoms with Crippen LogP contribution in [-0.2, 0) is 6.18 Å². The Morgan fingerprint density at radius 3 is 2.61 bits per heavy atom. The quantitative estimate of drug-likeness (QED) is 0.795. The summed E-state index contributed by atoms with van der Waals surface area (Å²) in [5.74, 6) is -0.560. The summed E-state index contributed by atoms with van der Waals surface area (Å²) in [7, 11) is 0. The molecule has 0 spiro atoms. The van der Waals surface area contributed by atoms with Gasteiger partial charge in [0.2, 0.25) is 5.95 Å². The first-order valence-corrected chi connectivity index (χ1v) is 4.78. The molecule has 0 saturated carbocycles. The number of rotatable bonds is 1. The van der Waals surface area contributed by atoms with Gasteiger partial charge in [0.1, 0.15) is 5.82 Å². The van der Waals surface area contributed by atoms with Gasteiger partial charge < -0.3 is 5.73 Å². The SMILES string of the molecule is Cc1cc(C(F)(F)F)n(-c2nc(N)cc(=O)[nH]2)n1. The van der Waals surface area contributed by atoms with E-state index in [1.54, 1.807) is 0 Å². The van der Waals surface area contributed by atoms with Crippen LogP contribution in [0.15, 0.2) is 16.9 Å². The Balaban J connectivity index is 2.67. The largest absolute Gasteiger partial charge is 0.433 e. The third-order valence-electron chi connectivity index (χ3n) is 2.07. The minimum Gasteiger partial charge on any atom is -0.383 e. The maximum absolute atomic E-state index is 12.7. The fourth-order valence-electron chi connectivity index (χ4n) is 1.43. The van der Waals surface area contributed by atoms with Crippen LogP contribution in [0, 0.1) is 6.92 Å². The van der Waals surface area contributed by atoms with Crippen LogP contribution in [0.1, 0.15) is 11.4 Å². The number of halogens is 3. The van der Waals surface area contributed by atoms with Crippen LogP contribution in [0.2, 0.25) is 0 Å². The fourth-order valence-corrected chi connectivity index (χ4v) is 1.43. The van der Waals surface area contributed by atoms with E-state index < -0.39 is 17.4 Å². The number of nitrogens with two attached hydrogens (primary N) is 1. The van der Waals surface area contributed by atoms with Gasteiger partial charge in [-0.1, -0.05) is 0 Å². The van der Waals surface area contributed by atoms with Crippen molar-refractivity contribution in [3.63, 3.8) is 0 Å². The number of nitrogens with one attached hydrogen (secondary N) is 1. The fraction of sp³-hybridized carbons (Fsp3) is 0.222. The zero-order valence-electron chi connectivity index (χ0n) is 9.12. The summed E-state index contributed by atoms with van der Waals surface area (Å²) in [4.78, 5) is 16.9. The highest BCUT2D eigenvalue weighted by Gasteiger charge is 2.36. The molecule has 0 unspecified atom stereocenters. The summed E-state index contributed by atoms with van der Waals surface area (Å²) in [6.07, 6.45) is -4.61. The molecule has 0 amide bonds. The average molecular weight is 259 g/mol. The van der Waals surface area contributed by atoms with E-state index in [4.69, 9.17) is 5.73 Å². The summed E-state index contributed by atoms with van der Waals surface area (Å²) >= 11 is 0. The molecule has 0 saturated heterocycles. The topological polar surface area (TPSA) is 89.6 Å². The molecule has 3 N–H and O–H groups in total. The molecule has 0 aromatic carbocycles. The third kappa shape index (κ3) is 2.19. The molecular weight excluding hydrogens is 251 g/mol. The van der Waals surface area contributed by atoms with Crippen LogP contribution in [-0.4, -0.2) is 19.7 Å². The number of alkyl halides is 3. The Morgan fingerprint density at radius 2 is 2.06 bits per heavy atom. The molecule has 0 atom stereocenters. The molecule has 0 radical (unpaired) electrons. The first-order valence-electron chi connectivity index (χ1n) is 4.78. The number of nitrogen functional groups attached to an aromatic ring is 1. The molecule has 0 bridgehead atoms. The summed E-state index contributed by atoms with van der Waals surface area (Å²) < 4.78 is 38.7. The number of aromatic amines is 1. The second kappa shape index (κ2) is 3.86. The summed E-state index contributed by atoms with van der Waals surface area (Å²) in [5.41, 5.74) is 3.77.